The second-order valence-electron chi connectivity index (χ2n) is 6.04. The summed E-state index contributed by atoms with van der Waals surface area (Å²) in [6.45, 7) is 0.722. The highest BCUT2D eigenvalue weighted by Gasteiger charge is 2.31. The van der Waals surface area contributed by atoms with Gasteiger partial charge in [0.1, 0.15) is 17.7 Å². The van der Waals surface area contributed by atoms with Crippen LogP contribution in [-0.2, 0) is 24.3 Å². The number of ether oxygens (including phenoxy) is 1. The van der Waals surface area contributed by atoms with Gasteiger partial charge < -0.3 is 10.1 Å². The molecule has 0 saturated heterocycles. The van der Waals surface area contributed by atoms with Gasteiger partial charge in [-0.05, 0) is 37.3 Å². The molecule has 2 N–H and O–H groups in total. The van der Waals surface area contributed by atoms with Crippen LogP contribution >= 0.6 is 11.6 Å². The molecular weight excluding hydrogens is 425 g/mol. The molecule has 0 bridgehead atoms. The fourth-order valence-electron chi connectivity index (χ4n) is 2.51. The Labute approximate surface area is 170 Å². The third-order valence-corrected chi connectivity index (χ3v) is 5.51. The number of benzene rings is 2. The Kier molecular flexibility index (Phi) is 5.85. The van der Waals surface area contributed by atoms with Crippen LogP contribution in [0.4, 0.5) is 10.1 Å². The van der Waals surface area contributed by atoms with Gasteiger partial charge in [0, 0.05) is 10.6 Å². The number of anilines is 1. The molecule has 8 nitrogen and oxygen atoms in total. The Balaban J connectivity index is 1.61. The third-order valence-electron chi connectivity index (χ3n) is 3.88. The Morgan fingerprint density at radius 1 is 1.28 bits per heavy atom. The van der Waals surface area contributed by atoms with Crippen LogP contribution in [0.5, 0.6) is 0 Å². The maximum atomic E-state index is 13.7. The van der Waals surface area contributed by atoms with Crippen molar-refractivity contribution in [1.82, 2.24) is 4.72 Å². The van der Waals surface area contributed by atoms with Crippen molar-refractivity contribution in [2.24, 2.45) is 4.99 Å². The van der Waals surface area contributed by atoms with Gasteiger partial charge in [-0.3, -0.25) is 14.5 Å². The molecule has 1 aliphatic rings. The average molecular weight is 440 g/mol. The van der Waals surface area contributed by atoms with Crippen LogP contribution in [0, 0.1) is 5.82 Å². The van der Waals surface area contributed by atoms with E-state index in [2.05, 4.69) is 15.0 Å². The Bertz CT molecular complexity index is 1120. The maximum absolute atomic E-state index is 13.7. The standard InChI is InChI=1S/C18H15ClFN3O5S/c1-10(21-17-12-4-2-3-5-15(12)29(26,27)23-17)18(25)28-9-16(24)22-14-7-6-11(19)8-13(14)20/h2-8,10H,9H2,1H3,(H,21,23)(H,22,24)/t10-/m0/s1. The van der Waals surface area contributed by atoms with Crippen molar-refractivity contribution in [2.75, 3.05) is 11.9 Å². The minimum atomic E-state index is -3.74. The van der Waals surface area contributed by atoms with Gasteiger partial charge in [-0.1, -0.05) is 23.7 Å². The monoisotopic (exact) mass is 439 g/mol. The van der Waals surface area contributed by atoms with Crippen LogP contribution < -0.4 is 10.0 Å². The zero-order valence-electron chi connectivity index (χ0n) is 15.0. The topological polar surface area (TPSA) is 114 Å². The largest absolute Gasteiger partial charge is 0.454 e. The fourth-order valence-corrected chi connectivity index (χ4v) is 3.91. The van der Waals surface area contributed by atoms with E-state index < -0.39 is 40.4 Å². The minimum Gasteiger partial charge on any atom is -0.454 e. The number of amides is 1. The van der Waals surface area contributed by atoms with Crippen LogP contribution in [-0.4, -0.2) is 38.8 Å². The summed E-state index contributed by atoms with van der Waals surface area (Å²) in [5.74, 6) is -2.33. The molecule has 2 aromatic rings. The first-order chi connectivity index (χ1) is 13.7. The van der Waals surface area contributed by atoms with Crippen molar-refractivity contribution in [3.05, 3.63) is 58.9 Å². The van der Waals surface area contributed by atoms with Gasteiger partial charge in [0.2, 0.25) is 0 Å². The predicted molar refractivity (Wildman–Crippen MR) is 104 cm³/mol. The highest BCUT2D eigenvalue weighted by atomic mass is 35.5. The fraction of sp³-hybridized carbons (Fsp3) is 0.167. The average Bonchev–Trinajstić information content (AvgIpc) is 2.92. The highest BCUT2D eigenvalue weighted by Crippen LogP contribution is 2.22. The molecule has 1 amide bonds. The van der Waals surface area contributed by atoms with E-state index in [9.17, 15) is 22.4 Å². The quantitative estimate of drug-likeness (QED) is 0.692. The van der Waals surface area contributed by atoms with Gasteiger partial charge in [0.15, 0.2) is 6.61 Å². The van der Waals surface area contributed by atoms with E-state index >= 15 is 0 Å². The Hall–Kier alpha value is -2.98. The van der Waals surface area contributed by atoms with Gasteiger partial charge in [0.25, 0.3) is 15.9 Å². The van der Waals surface area contributed by atoms with Crippen molar-refractivity contribution < 1.29 is 27.1 Å². The molecule has 0 unspecified atom stereocenters. The number of fused-ring (bicyclic) bond motifs is 1. The zero-order valence-corrected chi connectivity index (χ0v) is 16.6. The number of sulfonamides is 1. The molecule has 0 saturated carbocycles. The molecule has 1 heterocycles. The van der Waals surface area contributed by atoms with E-state index in [-0.39, 0.29) is 21.4 Å². The first kappa shape index (κ1) is 20.7. The Morgan fingerprint density at radius 2 is 2.00 bits per heavy atom. The van der Waals surface area contributed by atoms with E-state index in [1.54, 1.807) is 18.2 Å². The van der Waals surface area contributed by atoms with Gasteiger partial charge in [-0.15, -0.1) is 0 Å². The summed E-state index contributed by atoms with van der Waals surface area (Å²) in [6, 6.07) is 8.80. The lowest BCUT2D eigenvalue weighted by Gasteiger charge is -2.10. The lowest BCUT2D eigenvalue weighted by molar-refractivity contribution is -0.148. The van der Waals surface area contributed by atoms with Crippen LogP contribution in [0.1, 0.15) is 12.5 Å². The molecule has 0 aromatic heterocycles. The summed E-state index contributed by atoms with van der Waals surface area (Å²) in [6.07, 6.45) is 0. The molecule has 0 fully saturated rings. The second-order valence-corrected chi connectivity index (χ2v) is 8.12. The van der Waals surface area contributed by atoms with E-state index in [1.807, 2.05) is 0 Å². The highest BCUT2D eigenvalue weighted by molar-refractivity contribution is 7.90. The number of amidine groups is 1. The van der Waals surface area contributed by atoms with Gasteiger partial charge in [0.05, 0.1) is 10.6 Å². The first-order valence-electron chi connectivity index (χ1n) is 8.29. The summed E-state index contributed by atoms with van der Waals surface area (Å²) in [7, 11) is -3.74. The van der Waals surface area contributed by atoms with Gasteiger partial charge in [-0.2, -0.15) is 0 Å². The zero-order chi connectivity index (χ0) is 21.2. The van der Waals surface area contributed by atoms with E-state index in [0.29, 0.717) is 5.56 Å². The van der Waals surface area contributed by atoms with Crippen LogP contribution in [0.2, 0.25) is 5.02 Å². The predicted octanol–water partition coefficient (Wildman–Crippen LogP) is 2.09. The maximum Gasteiger partial charge on any atom is 0.331 e. The summed E-state index contributed by atoms with van der Waals surface area (Å²) in [5, 5.41) is 2.42. The number of halogens is 2. The molecule has 29 heavy (non-hydrogen) atoms. The van der Waals surface area contributed by atoms with E-state index in [4.69, 9.17) is 16.3 Å². The molecule has 1 aliphatic heterocycles. The summed E-state index contributed by atoms with van der Waals surface area (Å²) in [5.41, 5.74) is 0.226. The van der Waals surface area contributed by atoms with Crippen molar-refractivity contribution in [3.63, 3.8) is 0 Å². The number of nitrogens with one attached hydrogen (secondary N) is 2. The SMILES string of the molecule is C[C@H](N=C1NS(=O)(=O)c2ccccc21)C(=O)OCC(=O)Nc1ccc(Cl)cc1F. The van der Waals surface area contributed by atoms with Crippen LogP contribution in [0.15, 0.2) is 52.4 Å². The van der Waals surface area contributed by atoms with Gasteiger partial charge >= 0.3 is 5.97 Å². The van der Waals surface area contributed by atoms with Crippen molar-refractivity contribution in [3.8, 4) is 0 Å². The summed E-state index contributed by atoms with van der Waals surface area (Å²) >= 11 is 5.63. The number of esters is 1. The molecule has 0 aliphatic carbocycles. The van der Waals surface area contributed by atoms with E-state index in [0.717, 1.165) is 6.07 Å². The summed E-state index contributed by atoms with van der Waals surface area (Å²) < 4.78 is 44.9. The smallest absolute Gasteiger partial charge is 0.331 e. The molecule has 11 heteroatoms. The molecule has 1 atom stereocenters. The number of carbonyl (C=O) groups excluding carboxylic acids is 2. The normalized spacial score (nSPS) is 16.6. The number of hydrogen-bond acceptors (Lipinski definition) is 6. The lowest BCUT2D eigenvalue weighted by Crippen LogP contribution is -2.29. The number of nitrogens with zero attached hydrogens (tertiary/aromatic N) is 1. The summed E-state index contributed by atoms with van der Waals surface area (Å²) in [4.78, 5) is 28.1. The van der Waals surface area contributed by atoms with Crippen LogP contribution in [0.3, 0.4) is 0 Å². The molecular formula is C18H15ClFN3O5S. The second kappa shape index (κ2) is 8.18. The molecule has 2 aromatic carbocycles. The molecule has 3 rings (SSSR count). The number of rotatable bonds is 5. The van der Waals surface area contributed by atoms with Crippen LogP contribution in [0.25, 0.3) is 0 Å². The lowest BCUT2D eigenvalue weighted by atomic mass is 10.2. The number of hydrogen-bond donors (Lipinski definition) is 2. The van der Waals surface area contributed by atoms with E-state index in [1.165, 1.54) is 25.1 Å². The number of carbonyl (C=O) groups is 2. The first-order valence-corrected chi connectivity index (χ1v) is 10.1. The van der Waals surface area contributed by atoms with Crippen molar-refractivity contribution >= 4 is 45.0 Å². The molecule has 0 radical (unpaired) electrons. The Morgan fingerprint density at radius 3 is 2.72 bits per heavy atom. The minimum absolute atomic E-state index is 0.0118. The number of aliphatic imine (C=N–C) groups is 1. The van der Waals surface area contributed by atoms with Crippen molar-refractivity contribution in [1.29, 1.82) is 0 Å². The molecule has 0 spiro atoms. The third kappa shape index (κ3) is 4.72. The van der Waals surface area contributed by atoms with Crippen molar-refractivity contribution in [2.45, 2.75) is 17.9 Å². The van der Waals surface area contributed by atoms with Gasteiger partial charge in [-0.25, -0.2) is 17.6 Å². The molecule has 152 valence electrons.